The topological polar surface area (TPSA) is 88.1 Å². The molecule has 0 saturated heterocycles. The minimum Gasteiger partial charge on any atom is -0.416 e. The van der Waals surface area contributed by atoms with Crippen LogP contribution in [0.25, 0.3) is 10.8 Å². The van der Waals surface area contributed by atoms with Crippen LogP contribution in [0.2, 0.25) is 0 Å². The number of nitrogens with zero attached hydrogens (tertiary/aromatic N) is 2. The number of aliphatic hydroxyl groups excluding tert-OH is 1. The van der Waals surface area contributed by atoms with Crippen LogP contribution in [-0.2, 0) is 6.61 Å². The summed E-state index contributed by atoms with van der Waals surface area (Å²) in [6.45, 7) is -3.57. The first-order chi connectivity index (χ1) is 8.52. The molecule has 0 spiro atoms. The van der Waals surface area contributed by atoms with E-state index in [1.165, 1.54) is 6.07 Å². The van der Waals surface area contributed by atoms with E-state index < -0.39 is 24.7 Å². The second-order valence-corrected chi connectivity index (χ2v) is 4.02. The van der Waals surface area contributed by atoms with Crippen molar-refractivity contribution in [3.8, 4) is 5.88 Å². The molecule has 0 unspecified atom stereocenters. The predicted molar refractivity (Wildman–Crippen MR) is 60.4 cm³/mol. The normalized spacial score (nSPS) is 11.2. The summed E-state index contributed by atoms with van der Waals surface area (Å²) >= 11 is 3.00. The van der Waals surface area contributed by atoms with Crippen molar-refractivity contribution < 1.29 is 18.6 Å². The SMILES string of the molecule is O=c1[nH]nc(CO)c2cc(Br)nc(OC(F)F)c12. The van der Waals surface area contributed by atoms with Crippen LogP contribution in [0.15, 0.2) is 15.5 Å². The van der Waals surface area contributed by atoms with E-state index in [9.17, 15) is 13.6 Å². The molecule has 0 aromatic carbocycles. The molecule has 6 nitrogen and oxygen atoms in total. The maximum Gasteiger partial charge on any atom is 0.388 e. The van der Waals surface area contributed by atoms with E-state index in [-0.39, 0.29) is 21.1 Å². The molecule has 0 amide bonds. The first-order valence-electron chi connectivity index (χ1n) is 4.66. The van der Waals surface area contributed by atoms with Gasteiger partial charge in [0.15, 0.2) is 0 Å². The molecule has 0 aliphatic rings. The number of halogens is 3. The molecule has 0 aliphatic heterocycles. The molecule has 96 valence electrons. The van der Waals surface area contributed by atoms with Gasteiger partial charge in [-0.05, 0) is 22.0 Å². The fourth-order valence-electron chi connectivity index (χ4n) is 1.46. The number of aromatic nitrogens is 3. The standard InChI is InChI=1S/C9H6BrF2N3O3/c10-5-1-3-4(2-16)14-15-7(17)6(3)8(13-5)18-9(11)12/h1,9,16H,2H2,(H,15,17). The van der Waals surface area contributed by atoms with E-state index in [1.54, 1.807) is 0 Å². The zero-order valence-electron chi connectivity index (χ0n) is 8.65. The van der Waals surface area contributed by atoms with Crippen molar-refractivity contribution in [3.63, 3.8) is 0 Å². The fraction of sp³-hybridized carbons (Fsp3) is 0.222. The minimum atomic E-state index is -3.11. The molecule has 2 N–H and O–H groups in total. The summed E-state index contributed by atoms with van der Waals surface area (Å²) in [7, 11) is 0. The van der Waals surface area contributed by atoms with E-state index >= 15 is 0 Å². The number of rotatable bonds is 3. The highest BCUT2D eigenvalue weighted by atomic mass is 79.9. The minimum absolute atomic E-state index is 0.131. The molecule has 2 rings (SSSR count). The Morgan fingerprint density at radius 3 is 2.89 bits per heavy atom. The third-order valence-electron chi connectivity index (χ3n) is 2.14. The number of hydrogen-bond acceptors (Lipinski definition) is 5. The highest BCUT2D eigenvalue weighted by Gasteiger charge is 2.17. The van der Waals surface area contributed by atoms with Gasteiger partial charge in [0.1, 0.15) is 9.99 Å². The number of hydrogen-bond donors (Lipinski definition) is 2. The maximum atomic E-state index is 12.2. The van der Waals surface area contributed by atoms with E-state index in [0.717, 1.165) is 0 Å². The zero-order chi connectivity index (χ0) is 13.3. The van der Waals surface area contributed by atoms with Gasteiger partial charge in [-0.25, -0.2) is 10.1 Å². The number of alkyl halides is 2. The van der Waals surface area contributed by atoms with Crippen LogP contribution in [0.1, 0.15) is 5.69 Å². The van der Waals surface area contributed by atoms with Crippen molar-refractivity contribution in [2.24, 2.45) is 0 Å². The van der Waals surface area contributed by atoms with Crippen molar-refractivity contribution in [2.75, 3.05) is 0 Å². The Kier molecular flexibility index (Phi) is 3.53. The van der Waals surface area contributed by atoms with Gasteiger partial charge in [-0.1, -0.05) is 0 Å². The lowest BCUT2D eigenvalue weighted by Gasteiger charge is -2.08. The summed E-state index contributed by atoms with van der Waals surface area (Å²) in [6.07, 6.45) is 0. The molecule has 0 radical (unpaired) electrons. The number of ether oxygens (including phenoxy) is 1. The van der Waals surface area contributed by atoms with Gasteiger partial charge in [-0.3, -0.25) is 4.79 Å². The summed E-state index contributed by atoms with van der Waals surface area (Å²) in [5.74, 6) is -0.521. The number of aliphatic hydroxyl groups is 1. The Labute approximate surface area is 107 Å². The number of pyridine rings is 1. The largest absolute Gasteiger partial charge is 0.416 e. The fourth-order valence-corrected chi connectivity index (χ4v) is 1.85. The van der Waals surface area contributed by atoms with Crippen LogP contribution in [0.5, 0.6) is 5.88 Å². The molecule has 2 heterocycles. The van der Waals surface area contributed by atoms with E-state index in [0.29, 0.717) is 0 Å². The summed E-state index contributed by atoms with van der Waals surface area (Å²) in [5.41, 5.74) is -0.593. The van der Waals surface area contributed by atoms with Gasteiger partial charge in [0.25, 0.3) is 5.56 Å². The monoisotopic (exact) mass is 321 g/mol. The predicted octanol–water partition coefficient (Wildman–Crippen LogP) is 1.17. The lowest BCUT2D eigenvalue weighted by atomic mass is 10.2. The van der Waals surface area contributed by atoms with Gasteiger partial charge < -0.3 is 9.84 Å². The molecule has 0 saturated carbocycles. The highest BCUT2D eigenvalue weighted by molar-refractivity contribution is 9.10. The molecular weight excluding hydrogens is 316 g/mol. The van der Waals surface area contributed by atoms with Crippen LogP contribution >= 0.6 is 15.9 Å². The zero-order valence-corrected chi connectivity index (χ0v) is 10.2. The molecule has 2 aromatic rings. The first-order valence-corrected chi connectivity index (χ1v) is 5.45. The number of aromatic amines is 1. The molecule has 0 aliphatic carbocycles. The molecule has 18 heavy (non-hydrogen) atoms. The van der Waals surface area contributed by atoms with Crippen molar-refractivity contribution >= 4 is 26.7 Å². The number of H-pyrrole nitrogens is 1. The van der Waals surface area contributed by atoms with Gasteiger partial charge in [-0.15, -0.1) is 0 Å². The molecular formula is C9H6BrF2N3O3. The van der Waals surface area contributed by atoms with Crippen LogP contribution in [0.4, 0.5) is 8.78 Å². The average molecular weight is 322 g/mol. The van der Waals surface area contributed by atoms with Gasteiger partial charge in [0.2, 0.25) is 5.88 Å². The molecule has 2 aromatic heterocycles. The lowest BCUT2D eigenvalue weighted by molar-refractivity contribution is -0.0518. The van der Waals surface area contributed by atoms with E-state index in [1.807, 2.05) is 0 Å². The summed E-state index contributed by atoms with van der Waals surface area (Å²) in [5, 5.41) is 14.8. The third kappa shape index (κ3) is 2.31. The van der Waals surface area contributed by atoms with Gasteiger partial charge in [0, 0.05) is 5.39 Å². The molecule has 9 heteroatoms. The maximum absolute atomic E-state index is 12.2. The smallest absolute Gasteiger partial charge is 0.388 e. The van der Waals surface area contributed by atoms with Crippen molar-refractivity contribution in [1.29, 1.82) is 0 Å². The lowest BCUT2D eigenvalue weighted by Crippen LogP contribution is -2.15. The quantitative estimate of drug-likeness (QED) is 0.829. The van der Waals surface area contributed by atoms with Crippen LogP contribution < -0.4 is 10.3 Å². The summed E-state index contributed by atoms with van der Waals surface area (Å²) in [6, 6.07) is 1.39. The van der Waals surface area contributed by atoms with E-state index in [2.05, 4.69) is 35.8 Å². The van der Waals surface area contributed by atoms with Crippen molar-refractivity contribution in [1.82, 2.24) is 15.2 Å². The third-order valence-corrected chi connectivity index (χ3v) is 2.54. The molecule has 0 bridgehead atoms. The molecule has 0 fully saturated rings. The second kappa shape index (κ2) is 4.94. The Hall–Kier alpha value is -1.61. The average Bonchev–Trinajstić information content (AvgIpc) is 2.27. The highest BCUT2D eigenvalue weighted by Crippen LogP contribution is 2.26. The Bertz CT molecular complexity index is 647. The van der Waals surface area contributed by atoms with Crippen molar-refractivity contribution in [2.45, 2.75) is 13.2 Å². The van der Waals surface area contributed by atoms with Crippen LogP contribution in [0, 0.1) is 0 Å². The Morgan fingerprint density at radius 1 is 1.56 bits per heavy atom. The van der Waals surface area contributed by atoms with Crippen molar-refractivity contribution in [3.05, 3.63) is 26.7 Å². The first kappa shape index (κ1) is 12.8. The Morgan fingerprint density at radius 2 is 2.28 bits per heavy atom. The number of nitrogens with one attached hydrogen (secondary N) is 1. The second-order valence-electron chi connectivity index (χ2n) is 3.21. The van der Waals surface area contributed by atoms with Gasteiger partial charge >= 0.3 is 6.61 Å². The summed E-state index contributed by atoms with van der Waals surface area (Å²) < 4.78 is 28.9. The van der Waals surface area contributed by atoms with Crippen LogP contribution in [0.3, 0.4) is 0 Å². The van der Waals surface area contributed by atoms with Crippen LogP contribution in [-0.4, -0.2) is 26.9 Å². The number of fused-ring (bicyclic) bond motifs is 1. The van der Waals surface area contributed by atoms with Gasteiger partial charge in [0.05, 0.1) is 12.3 Å². The molecule has 0 atom stereocenters. The summed E-state index contributed by atoms with van der Waals surface area (Å²) in [4.78, 5) is 15.2. The van der Waals surface area contributed by atoms with Gasteiger partial charge in [-0.2, -0.15) is 13.9 Å². The Balaban J connectivity index is 2.81. The van der Waals surface area contributed by atoms with E-state index in [4.69, 9.17) is 5.11 Å².